The van der Waals surface area contributed by atoms with Gasteiger partial charge >= 0.3 is 0 Å². The van der Waals surface area contributed by atoms with Gasteiger partial charge in [-0.1, -0.05) is 77.9 Å². The standard InChI is InChI=1S/C22H23P/c1-16-10-12-18(3)21(14-16)23(20-8-6-5-7-9-20)22-15-17(2)11-13-19(22)4/h5-15H,1-4H3. The lowest BCUT2D eigenvalue weighted by molar-refractivity contribution is 1.42. The van der Waals surface area contributed by atoms with Gasteiger partial charge in [0.1, 0.15) is 0 Å². The van der Waals surface area contributed by atoms with Crippen molar-refractivity contribution in [1.29, 1.82) is 0 Å². The van der Waals surface area contributed by atoms with Gasteiger partial charge in [0.05, 0.1) is 0 Å². The van der Waals surface area contributed by atoms with Gasteiger partial charge in [0.2, 0.25) is 0 Å². The summed E-state index contributed by atoms with van der Waals surface area (Å²) in [4.78, 5) is 0. The first-order chi connectivity index (χ1) is 11.1. The van der Waals surface area contributed by atoms with Gasteiger partial charge in [-0.3, -0.25) is 0 Å². The monoisotopic (exact) mass is 318 g/mol. The molecule has 3 aromatic carbocycles. The Balaban J connectivity index is 2.27. The molecule has 0 N–H and O–H groups in total. The fourth-order valence-corrected chi connectivity index (χ4v) is 5.71. The number of benzene rings is 3. The summed E-state index contributed by atoms with van der Waals surface area (Å²) >= 11 is 0. The zero-order valence-corrected chi connectivity index (χ0v) is 15.2. The minimum atomic E-state index is -0.520. The average Bonchev–Trinajstić information content (AvgIpc) is 2.55. The largest absolute Gasteiger partial charge is 0.0622 e. The molecule has 0 radical (unpaired) electrons. The molecule has 0 unspecified atom stereocenters. The lowest BCUT2D eigenvalue weighted by Crippen LogP contribution is -2.24. The van der Waals surface area contributed by atoms with Gasteiger partial charge in [-0.25, -0.2) is 0 Å². The van der Waals surface area contributed by atoms with E-state index in [1.54, 1.807) is 0 Å². The smallest absolute Gasteiger partial charge is 0.0119 e. The van der Waals surface area contributed by atoms with Crippen molar-refractivity contribution in [2.45, 2.75) is 27.7 Å². The molecule has 0 nitrogen and oxygen atoms in total. The number of hydrogen-bond donors (Lipinski definition) is 0. The van der Waals surface area contributed by atoms with Crippen LogP contribution in [0.5, 0.6) is 0 Å². The molecule has 1 heteroatoms. The third-order valence-electron chi connectivity index (χ3n) is 4.23. The normalized spacial score (nSPS) is 11.0. The Labute approximate surface area is 141 Å². The molecular weight excluding hydrogens is 295 g/mol. The minimum absolute atomic E-state index is 0.520. The van der Waals surface area contributed by atoms with Crippen LogP contribution in [0.4, 0.5) is 0 Å². The Morgan fingerprint density at radius 2 is 1.04 bits per heavy atom. The van der Waals surface area contributed by atoms with Crippen molar-refractivity contribution in [2.24, 2.45) is 0 Å². The van der Waals surface area contributed by atoms with Crippen LogP contribution in [-0.4, -0.2) is 0 Å². The summed E-state index contributed by atoms with van der Waals surface area (Å²) in [5.74, 6) is 0. The molecular formula is C22H23P. The molecule has 23 heavy (non-hydrogen) atoms. The Hall–Kier alpha value is -1.91. The quantitative estimate of drug-likeness (QED) is 0.615. The number of rotatable bonds is 3. The topological polar surface area (TPSA) is 0 Å². The van der Waals surface area contributed by atoms with Crippen LogP contribution in [0.2, 0.25) is 0 Å². The zero-order chi connectivity index (χ0) is 16.4. The van der Waals surface area contributed by atoms with Crippen LogP contribution in [0.1, 0.15) is 22.3 Å². The van der Waals surface area contributed by atoms with Gasteiger partial charge in [0.25, 0.3) is 0 Å². The summed E-state index contributed by atoms with van der Waals surface area (Å²) in [5.41, 5.74) is 5.43. The summed E-state index contributed by atoms with van der Waals surface area (Å²) in [5, 5.41) is 4.37. The van der Waals surface area contributed by atoms with E-state index in [1.807, 2.05) is 0 Å². The summed E-state index contributed by atoms with van der Waals surface area (Å²) in [7, 11) is -0.520. The highest BCUT2D eigenvalue weighted by atomic mass is 31.1. The molecule has 0 saturated carbocycles. The highest BCUT2D eigenvalue weighted by Crippen LogP contribution is 2.35. The Bertz CT molecular complexity index is 767. The van der Waals surface area contributed by atoms with E-state index in [-0.39, 0.29) is 0 Å². The molecule has 0 bridgehead atoms. The lowest BCUT2D eigenvalue weighted by Gasteiger charge is -2.24. The number of aryl methyl sites for hydroxylation is 4. The molecule has 0 saturated heterocycles. The second-order valence-corrected chi connectivity index (χ2v) is 8.40. The van der Waals surface area contributed by atoms with E-state index >= 15 is 0 Å². The van der Waals surface area contributed by atoms with Gasteiger partial charge in [-0.15, -0.1) is 0 Å². The minimum Gasteiger partial charge on any atom is -0.0622 e. The van der Waals surface area contributed by atoms with Crippen molar-refractivity contribution >= 4 is 23.8 Å². The molecule has 0 aliphatic carbocycles. The summed E-state index contributed by atoms with van der Waals surface area (Å²) in [6, 6.07) is 24.6. The third-order valence-corrected chi connectivity index (χ3v) is 6.97. The van der Waals surface area contributed by atoms with Crippen molar-refractivity contribution < 1.29 is 0 Å². The van der Waals surface area contributed by atoms with E-state index in [9.17, 15) is 0 Å². The maximum Gasteiger partial charge on any atom is -0.0119 e. The highest BCUT2D eigenvalue weighted by Gasteiger charge is 2.20. The van der Waals surface area contributed by atoms with Crippen LogP contribution in [0.15, 0.2) is 66.7 Å². The maximum absolute atomic E-state index is 2.37. The van der Waals surface area contributed by atoms with E-state index in [1.165, 1.54) is 38.2 Å². The van der Waals surface area contributed by atoms with Gasteiger partial charge < -0.3 is 0 Å². The van der Waals surface area contributed by atoms with E-state index in [4.69, 9.17) is 0 Å². The van der Waals surface area contributed by atoms with Gasteiger partial charge in [0, 0.05) is 0 Å². The van der Waals surface area contributed by atoms with Crippen LogP contribution in [0.25, 0.3) is 0 Å². The lowest BCUT2D eigenvalue weighted by atomic mass is 10.2. The van der Waals surface area contributed by atoms with Crippen LogP contribution in [-0.2, 0) is 0 Å². The molecule has 0 amide bonds. The first kappa shape index (κ1) is 16.0. The molecule has 0 aliphatic heterocycles. The molecule has 3 aromatic rings. The van der Waals surface area contributed by atoms with Crippen molar-refractivity contribution in [3.63, 3.8) is 0 Å². The van der Waals surface area contributed by atoms with Crippen molar-refractivity contribution in [3.05, 3.63) is 89.0 Å². The molecule has 0 spiro atoms. The zero-order valence-electron chi connectivity index (χ0n) is 14.3. The van der Waals surface area contributed by atoms with Crippen LogP contribution >= 0.6 is 7.92 Å². The summed E-state index contributed by atoms with van der Waals surface area (Å²) in [6.07, 6.45) is 0. The van der Waals surface area contributed by atoms with Crippen molar-refractivity contribution in [2.75, 3.05) is 0 Å². The second kappa shape index (κ2) is 6.69. The van der Waals surface area contributed by atoms with E-state index in [0.717, 1.165) is 0 Å². The molecule has 0 aromatic heterocycles. The SMILES string of the molecule is Cc1ccc(C)c(P(c2ccccc2)c2cc(C)ccc2C)c1. The third kappa shape index (κ3) is 3.38. The van der Waals surface area contributed by atoms with E-state index in [2.05, 4.69) is 94.4 Å². The van der Waals surface area contributed by atoms with Crippen LogP contribution < -0.4 is 15.9 Å². The van der Waals surface area contributed by atoms with E-state index in [0.29, 0.717) is 0 Å². The molecule has 0 heterocycles. The summed E-state index contributed by atoms with van der Waals surface area (Å²) in [6.45, 7) is 8.84. The first-order valence-corrected chi connectivity index (χ1v) is 9.40. The van der Waals surface area contributed by atoms with Gasteiger partial charge in [0.15, 0.2) is 0 Å². The fourth-order valence-electron chi connectivity index (χ4n) is 2.91. The average molecular weight is 318 g/mol. The van der Waals surface area contributed by atoms with Crippen LogP contribution in [0.3, 0.4) is 0 Å². The Morgan fingerprint density at radius 3 is 1.52 bits per heavy atom. The summed E-state index contributed by atoms with van der Waals surface area (Å²) < 4.78 is 0. The second-order valence-electron chi connectivity index (χ2n) is 6.25. The maximum atomic E-state index is 2.37. The van der Waals surface area contributed by atoms with Gasteiger partial charge in [-0.2, -0.15) is 0 Å². The number of hydrogen-bond acceptors (Lipinski definition) is 0. The predicted octanol–water partition coefficient (Wildman–Crippen LogP) is 4.68. The first-order valence-electron chi connectivity index (χ1n) is 8.06. The van der Waals surface area contributed by atoms with Gasteiger partial charge in [-0.05, 0) is 62.7 Å². The fraction of sp³-hybridized carbons (Fsp3) is 0.182. The van der Waals surface area contributed by atoms with Crippen molar-refractivity contribution in [3.8, 4) is 0 Å². The highest BCUT2D eigenvalue weighted by molar-refractivity contribution is 7.80. The molecule has 116 valence electrons. The molecule has 3 rings (SSSR count). The predicted molar refractivity (Wildman–Crippen MR) is 104 cm³/mol. The Morgan fingerprint density at radius 1 is 0.565 bits per heavy atom. The molecule has 0 aliphatic rings. The molecule has 0 atom stereocenters. The van der Waals surface area contributed by atoms with Crippen molar-refractivity contribution in [1.82, 2.24) is 0 Å². The molecule has 0 fully saturated rings. The van der Waals surface area contributed by atoms with E-state index < -0.39 is 7.92 Å². The van der Waals surface area contributed by atoms with Crippen LogP contribution in [0, 0.1) is 27.7 Å². The Kier molecular flexibility index (Phi) is 4.64.